The normalized spacial score (nSPS) is 22.7. The summed E-state index contributed by atoms with van der Waals surface area (Å²) in [5, 5.41) is 10.5. The molecule has 32 heavy (non-hydrogen) atoms. The molecule has 1 aliphatic heterocycles. The molecular weight excluding hydrogens is 409 g/mol. The lowest BCUT2D eigenvalue weighted by molar-refractivity contribution is 0.0438. The van der Waals surface area contributed by atoms with Gasteiger partial charge in [-0.15, -0.1) is 0 Å². The number of carbonyl (C=O) groups is 1. The highest BCUT2D eigenvalue weighted by molar-refractivity contribution is 5.77. The fraction of sp³-hybridized carbons (Fsp3) is 0.600. The van der Waals surface area contributed by atoms with E-state index >= 15 is 4.39 Å². The van der Waals surface area contributed by atoms with E-state index < -0.39 is 17.7 Å². The van der Waals surface area contributed by atoms with E-state index in [4.69, 9.17) is 9.26 Å². The quantitative estimate of drug-likeness (QED) is 0.596. The molecule has 2 N–H and O–H groups in total. The molecule has 1 saturated carbocycles. The predicted octanol–water partition coefficient (Wildman–Crippen LogP) is 6.14. The summed E-state index contributed by atoms with van der Waals surface area (Å²) in [5.41, 5.74) is 3.48. The molecule has 4 rings (SSSR count). The molecule has 0 saturated heterocycles. The van der Waals surface area contributed by atoms with Gasteiger partial charge in [0.1, 0.15) is 17.7 Å². The Morgan fingerprint density at radius 2 is 1.94 bits per heavy atom. The maximum Gasteiger partial charge on any atom is 0.407 e. The molecule has 1 unspecified atom stereocenters. The lowest BCUT2D eigenvalue weighted by Gasteiger charge is -2.45. The minimum Gasteiger partial charge on any atom is -0.443 e. The number of fused-ring (bicyclic) bond motifs is 1. The molecule has 2 aromatic rings. The summed E-state index contributed by atoms with van der Waals surface area (Å²) in [6.07, 6.45) is 4.47. The van der Waals surface area contributed by atoms with Gasteiger partial charge in [-0.25, -0.2) is 9.18 Å². The average Bonchev–Trinajstić information content (AvgIpc) is 3.06. The van der Waals surface area contributed by atoms with Gasteiger partial charge in [-0.3, -0.25) is 0 Å². The highest BCUT2D eigenvalue weighted by atomic mass is 19.1. The SMILES string of the molecule is Cc1cc(-c2c(C)noc2C)c(F)c2c1NC(C)(C)C(OC(=O)NC1CCCCC1)[C@H]2C. The van der Waals surface area contributed by atoms with Crippen molar-refractivity contribution < 1.29 is 18.4 Å². The van der Waals surface area contributed by atoms with E-state index in [1.807, 2.05) is 40.7 Å². The van der Waals surface area contributed by atoms with E-state index in [9.17, 15) is 4.79 Å². The zero-order valence-corrected chi connectivity index (χ0v) is 19.9. The van der Waals surface area contributed by atoms with Gasteiger partial charge in [0.05, 0.1) is 16.8 Å². The van der Waals surface area contributed by atoms with Crippen molar-refractivity contribution in [2.24, 2.45) is 0 Å². The first-order valence-corrected chi connectivity index (χ1v) is 11.6. The molecule has 1 amide bonds. The van der Waals surface area contributed by atoms with E-state index in [1.54, 1.807) is 6.92 Å². The van der Waals surface area contributed by atoms with Crippen molar-refractivity contribution in [3.8, 4) is 11.1 Å². The Balaban J connectivity index is 1.67. The van der Waals surface area contributed by atoms with Crippen LogP contribution in [0.1, 0.15) is 81.4 Å². The predicted molar refractivity (Wildman–Crippen MR) is 123 cm³/mol. The second-order valence-corrected chi connectivity index (χ2v) is 9.98. The van der Waals surface area contributed by atoms with E-state index in [0.29, 0.717) is 28.1 Å². The van der Waals surface area contributed by atoms with Gasteiger partial charge in [-0.05, 0) is 59.1 Å². The number of alkyl carbamates (subject to hydrolysis) is 1. The first-order chi connectivity index (χ1) is 15.1. The minimum absolute atomic E-state index is 0.156. The number of carbonyl (C=O) groups excluding carboxylic acids is 1. The summed E-state index contributed by atoms with van der Waals surface area (Å²) < 4.78 is 27.2. The molecule has 0 bridgehead atoms. The van der Waals surface area contributed by atoms with Crippen molar-refractivity contribution in [2.45, 2.75) is 97.2 Å². The van der Waals surface area contributed by atoms with Crippen LogP contribution in [-0.2, 0) is 4.74 Å². The van der Waals surface area contributed by atoms with Gasteiger partial charge in [0.2, 0.25) is 0 Å². The second-order valence-electron chi connectivity index (χ2n) is 9.98. The molecule has 7 heteroatoms. The van der Waals surface area contributed by atoms with Crippen LogP contribution in [0, 0.1) is 26.6 Å². The number of anilines is 1. The summed E-state index contributed by atoms with van der Waals surface area (Å²) in [4.78, 5) is 12.7. The van der Waals surface area contributed by atoms with Crippen LogP contribution in [0.25, 0.3) is 11.1 Å². The van der Waals surface area contributed by atoms with Gasteiger partial charge in [0.15, 0.2) is 0 Å². The number of aryl methyl sites for hydroxylation is 3. The van der Waals surface area contributed by atoms with Crippen LogP contribution < -0.4 is 10.6 Å². The molecule has 1 fully saturated rings. The molecule has 1 aromatic heterocycles. The van der Waals surface area contributed by atoms with Crippen LogP contribution in [0.3, 0.4) is 0 Å². The maximum atomic E-state index is 16.0. The molecule has 6 nitrogen and oxygen atoms in total. The number of ether oxygens (including phenoxy) is 1. The Labute approximate surface area is 189 Å². The van der Waals surface area contributed by atoms with Crippen LogP contribution in [-0.4, -0.2) is 28.9 Å². The van der Waals surface area contributed by atoms with Crippen LogP contribution in [0.5, 0.6) is 0 Å². The Morgan fingerprint density at radius 1 is 1.25 bits per heavy atom. The van der Waals surface area contributed by atoms with Gasteiger partial charge >= 0.3 is 6.09 Å². The van der Waals surface area contributed by atoms with Gasteiger partial charge in [-0.2, -0.15) is 0 Å². The standard InChI is InChI=1S/C25H34FN3O3/c1-13-12-18(20-15(3)29-32-16(20)4)21(26)19-14(2)23(25(5,6)28-22(13)19)31-24(30)27-17-10-8-7-9-11-17/h12,14,17,23,28H,7-11H2,1-6H3,(H,27,30)/t14-,23?/m0/s1. The van der Waals surface area contributed by atoms with Crippen molar-refractivity contribution in [3.05, 3.63) is 34.5 Å². The van der Waals surface area contributed by atoms with Gasteiger partial charge in [0, 0.05) is 28.8 Å². The molecule has 174 valence electrons. The largest absolute Gasteiger partial charge is 0.443 e. The summed E-state index contributed by atoms with van der Waals surface area (Å²) in [5.74, 6) is -0.0774. The van der Waals surface area contributed by atoms with Gasteiger partial charge in [-0.1, -0.05) is 31.3 Å². The molecule has 1 aromatic carbocycles. The maximum absolute atomic E-state index is 16.0. The van der Waals surface area contributed by atoms with E-state index in [-0.39, 0.29) is 17.8 Å². The topological polar surface area (TPSA) is 76.4 Å². The second kappa shape index (κ2) is 8.41. The molecule has 2 heterocycles. The Hall–Kier alpha value is -2.57. The highest BCUT2D eigenvalue weighted by Gasteiger charge is 2.45. The Bertz CT molecular complexity index is 1000. The summed E-state index contributed by atoms with van der Waals surface area (Å²) >= 11 is 0. The lowest BCUT2D eigenvalue weighted by atomic mass is 9.76. The van der Waals surface area contributed by atoms with Crippen molar-refractivity contribution in [3.63, 3.8) is 0 Å². The van der Waals surface area contributed by atoms with Crippen LogP contribution >= 0.6 is 0 Å². The molecule has 2 aliphatic rings. The van der Waals surface area contributed by atoms with Crippen LogP contribution in [0.4, 0.5) is 14.9 Å². The third-order valence-corrected chi connectivity index (χ3v) is 7.03. The fourth-order valence-electron chi connectivity index (χ4n) is 5.44. The number of nitrogens with zero attached hydrogens (tertiary/aromatic N) is 1. The van der Waals surface area contributed by atoms with Crippen LogP contribution in [0.15, 0.2) is 10.6 Å². The smallest absolute Gasteiger partial charge is 0.407 e. The summed E-state index contributed by atoms with van der Waals surface area (Å²) in [6.45, 7) is 11.5. The van der Waals surface area contributed by atoms with Gasteiger partial charge < -0.3 is 19.9 Å². The number of amides is 1. The number of benzene rings is 1. The van der Waals surface area contributed by atoms with Crippen LogP contribution in [0.2, 0.25) is 0 Å². The van der Waals surface area contributed by atoms with E-state index in [2.05, 4.69) is 15.8 Å². The van der Waals surface area contributed by atoms with Crippen molar-refractivity contribution >= 4 is 11.8 Å². The monoisotopic (exact) mass is 443 g/mol. The number of halogens is 1. The van der Waals surface area contributed by atoms with Gasteiger partial charge in [0.25, 0.3) is 0 Å². The third-order valence-electron chi connectivity index (χ3n) is 7.03. The Morgan fingerprint density at radius 3 is 2.56 bits per heavy atom. The first kappa shape index (κ1) is 22.6. The summed E-state index contributed by atoms with van der Waals surface area (Å²) in [6, 6.07) is 2.00. The molecule has 0 radical (unpaired) electrons. The zero-order valence-electron chi connectivity index (χ0n) is 19.9. The minimum atomic E-state index is -0.557. The summed E-state index contributed by atoms with van der Waals surface area (Å²) in [7, 11) is 0. The van der Waals surface area contributed by atoms with E-state index in [0.717, 1.165) is 36.9 Å². The number of nitrogens with one attached hydrogen (secondary N) is 2. The number of hydrogen-bond acceptors (Lipinski definition) is 5. The van der Waals surface area contributed by atoms with Crippen molar-refractivity contribution in [2.75, 3.05) is 5.32 Å². The highest BCUT2D eigenvalue weighted by Crippen LogP contribution is 2.46. The number of aromatic nitrogens is 1. The average molecular weight is 444 g/mol. The van der Waals surface area contributed by atoms with E-state index in [1.165, 1.54) is 6.42 Å². The fourth-order valence-corrected chi connectivity index (χ4v) is 5.44. The first-order valence-electron chi connectivity index (χ1n) is 11.6. The molecule has 2 atom stereocenters. The lowest BCUT2D eigenvalue weighted by Crippen LogP contribution is -2.54. The third kappa shape index (κ3) is 3.97. The zero-order chi connectivity index (χ0) is 23.2. The molecule has 0 spiro atoms. The number of hydrogen-bond donors (Lipinski definition) is 2. The molecule has 1 aliphatic carbocycles. The molecular formula is C25H34FN3O3. The van der Waals surface area contributed by atoms with Crippen molar-refractivity contribution in [1.29, 1.82) is 0 Å². The Kier molecular flexibility index (Phi) is 5.94. The van der Waals surface area contributed by atoms with Crippen molar-refractivity contribution in [1.82, 2.24) is 10.5 Å². The number of rotatable bonds is 3.